The number of carboxylic acid groups (broad SMARTS) is 4. The molecule has 0 radical (unpaired) electrons. The summed E-state index contributed by atoms with van der Waals surface area (Å²) in [6.45, 7) is 2.54. The molecule has 30 heteroatoms. The highest BCUT2D eigenvalue weighted by molar-refractivity contribution is 7.46. The molecule has 1 aliphatic heterocycles. The first-order valence-corrected chi connectivity index (χ1v) is 24.0. The third-order valence-electron chi connectivity index (χ3n) is 11.1. The SMILES string of the molecule is CC[C@H](C)[C@H](NC(=O)[C@H](CCC(=O)O)NC(=O)[C@H](CCC(=O)O)NC(=O)[C@H](Cc1ccc(OP(=O)(O)O)cc1)NC(=O)[C@H](CCC(N)=O)NC(=O)CNC(=O)[C@@H](N)CCC(=O)O)C(=O)N1CCC[C@@H]1C(=O)O. The van der Waals surface area contributed by atoms with Crippen LogP contribution in [0.5, 0.6) is 5.75 Å². The van der Waals surface area contributed by atoms with Crippen LogP contribution in [-0.4, -0.2) is 162 Å². The van der Waals surface area contributed by atoms with E-state index in [1.165, 1.54) is 12.1 Å². The molecule has 2 rings (SSSR count). The van der Waals surface area contributed by atoms with Crippen LogP contribution in [0.4, 0.5) is 0 Å². The van der Waals surface area contributed by atoms with Crippen LogP contribution in [0.3, 0.4) is 0 Å². The normalized spacial score (nSPS) is 16.2. The Morgan fingerprint density at radius 2 is 1.17 bits per heavy atom. The number of hydrogen-bond donors (Lipinski definition) is 14. The number of benzene rings is 1. The maximum Gasteiger partial charge on any atom is 0.524 e. The van der Waals surface area contributed by atoms with Crippen molar-refractivity contribution in [1.82, 2.24) is 36.8 Å². The van der Waals surface area contributed by atoms with Crippen LogP contribution < -0.4 is 47.9 Å². The molecule has 1 heterocycles. The molecule has 400 valence electrons. The van der Waals surface area contributed by atoms with Crippen molar-refractivity contribution < 1.29 is 96.8 Å². The fraction of sp³-hybridized carbons (Fsp3) is 0.571. The Balaban J connectivity index is 2.52. The van der Waals surface area contributed by atoms with E-state index in [1.54, 1.807) is 13.8 Å². The molecule has 0 aromatic heterocycles. The lowest BCUT2D eigenvalue weighted by atomic mass is 9.96. The number of likely N-dealkylation sites (tertiary alicyclic amines) is 1. The number of primary amides is 1. The zero-order valence-electron chi connectivity index (χ0n) is 39.3. The number of nitrogens with one attached hydrogen (secondary N) is 6. The molecule has 0 saturated carbocycles. The van der Waals surface area contributed by atoms with E-state index in [-0.39, 0.29) is 30.7 Å². The number of carbonyl (C=O) groups is 12. The number of phosphoric acid groups is 1. The summed E-state index contributed by atoms with van der Waals surface area (Å²) in [5.41, 5.74) is 11.1. The van der Waals surface area contributed by atoms with Crippen LogP contribution in [0, 0.1) is 5.92 Å². The molecule has 0 bridgehead atoms. The van der Waals surface area contributed by atoms with Crippen LogP contribution in [0.15, 0.2) is 24.3 Å². The molecule has 0 aliphatic carbocycles. The smallest absolute Gasteiger partial charge is 0.481 e. The third-order valence-corrected chi connectivity index (χ3v) is 11.6. The van der Waals surface area contributed by atoms with E-state index < -0.39 is 185 Å². The average molecular weight is 1040 g/mol. The van der Waals surface area contributed by atoms with Crippen molar-refractivity contribution in [3.05, 3.63) is 29.8 Å². The van der Waals surface area contributed by atoms with Crippen molar-refractivity contribution in [3.63, 3.8) is 0 Å². The van der Waals surface area contributed by atoms with Gasteiger partial charge < -0.3 is 73.2 Å². The van der Waals surface area contributed by atoms with Crippen molar-refractivity contribution in [3.8, 4) is 5.75 Å². The zero-order valence-corrected chi connectivity index (χ0v) is 40.2. The summed E-state index contributed by atoms with van der Waals surface area (Å²) in [6.07, 6.45) is -4.29. The van der Waals surface area contributed by atoms with E-state index in [1.807, 2.05) is 0 Å². The van der Waals surface area contributed by atoms with E-state index in [2.05, 4.69) is 36.4 Å². The number of aliphatic carboxylic acids is 4. The van der Waals surface area contributed by atoms with Crippen molar-refractivity contribution in [2.45, 2.75) is 133 Å². The van der Waals surface area contributed by atoms with Gasteiger partial charge in [0, 0.05) is 38.6 Å². The molecular weight excluding hydrogens is 981 g/mol. The Hall–Kier alpha value is -7.23. The standard InChI is InChI=1S/C42H62N9O20P/c1-3-21(2)35(41(65)51-18-4-5-29(51)42(66)67)50-39(63)27(13-17-34(58)59)47-38(62)26(12-16-33(56)57)48-40(64)28(19-22-6-8-23(9-7-22)71-72(68,69)70)49-37(61)25(11-14-30(44)52)46-31(53)20-45-36(60)24(43)10-15-32(54)55/h6-9,21,24-29,35H,3-5,10-20,43H2,1-2H3,(H2,44,52)(H,45,60)(H,46,53)(H,47,62)(H,48,64)(H,49,61)(H,50,63)(H,54,55)(H,56,57)(H,58,59)(H,66,67)(H2,68,69,70)/t21-,24-,25-,26-,27-,28-,29+,35-/m0/s1. The lowest BCUT2D eigenvalue weighted by Gasteiger charge is -2.32. The Morgan fingerprint density at radius 3 is 1.65 bits per heavy atom. The largest absolute Gasteiger partial charge is 0.524 e. The van der Waals surface area contributed by atoms with Gasteiger partial charge in [0.05, 0.1) is 12.6 Å². The van der Waals surface area contributed by atoms with E-state index in [0.29, 0.717) is 12.8 Å². The lowest BCUT2D eigenvalue weighted by molar-refractivity contribution is -0.150. The molecular formula is C42H62N9O20P. The molecule has 29 nitrogen and oxygen atoms in total. The van der Waals surface area contributed by atoms with Crippen molar-refractivity contribution in [2.24, 2.45) is 17.4 Å². The fourth-order valence-corrected chi connectivity index (χ4v) is 7.47. The highest BCUT2D eigenvalue weighted by atomic mass is 31.2. The Bertz CT molecular complexity index is 2210. The predicted octanol–water partition coefficient (Wildman–Crippen LogP) is -3.45. The quantitative estimate of drug-likeness (QED) is 0.0312. The molecule has 1 aromatic carbocycles. The van der Waals surface area contributed by atoms with Gasteiger partial charge in [-0.2, -0.15) is 0 Å². The number of phosphoric ester groups is 1. The molecule has 1 saturated heterocycles. The van der Waals surface area contributed by atoms with Crippen LogP contribution in [-0.2, 0) is 68.5 Å². The van der Waals surface area contributed by atoms with Crippen LogP contribution in [0.1, 0.15) is 90.0 Å². The first-order chi connectivity index (χ1) is 33.6. The molecule has 8 atom stereocenters. The molecule has 72 heavy (non-hydrogen) atoms. The fourth-order valence-electron chi connectivity index (χ4n) is 7.07. The second kappa shape index (κ2) is 29.2. The number of amides is 8. The summed E-state index contributed by atoms with van der Waals surface area (Å²) in [5, 5.41) is 51.5. The minimum absolute atomic E-state index is 0.0667. The molecule has 1 aliphatic rings. The molecule has 1 fully saturated rings. The molecule has 0 unspecified atom stereocenters. The van der Waals surface area contributed by atoms with Crippen LogP contribution in [0.2, 0.25) is 0 Å². The first-order valence-electron chi connectivity index (χ1n) is 22.5. The summed E-state index contributed by atoms with van der Waals surface area (Å²) >= 11 is 0. The van der Waals surface area contributed by atoms with Crippen molar-refractivity contribution in [1.29, 1.82) is 0 Å². The highest BCUT2D eigenvalue weighted by Gasteiger charge is 2.40. The predicted molar refractivity (Wildman–Crippen MR) is 244 cm³/mol. The average Bonchev–Trinajstić information content (AvgIpc) is 3.80. The Kier molecular flexibility index (Phi) is 24.7. The van der Waals surface area contributed by atoms with Crippen molar-refractivity contribution in [2.75, 3.05) is 13.1 Å². The van der Waals surface area contributed by atoms with Gasteiger partial charge in [0.25, 0.3) is 0 Å². The second-order valence-electron chi connectivity index (χ2n) is 16.8. The number of carbonyl (C=O) groups excluding carboxylic acids is 8. The zero-order chi connectivity index (χ0) is 54.5. The molecule has 16 N–H and O–H groups in total. The molecule has 8 amide bonds. The summed E-state index contributed by atoms with van der Waals surface area (Å²) < 4.78 is 15.9. The van der Waals surface area contributed by atoms with Gasteiger partial charge >= 0.3 is 31.7 Å². The highest BCUT2D eigenvalue weighted by Crippen LogP contribution is 2.37. The number of rotatable bonds is 32. The van der Waals surface area contributed by atoms with Gasteiger partial charge in [0.2, 0.25) is 47.3 Å². The first kappa shape index (κ1) is 60.9. The van der Waals surface area contributed by atoms with E-state index >= 15 is 0 Å². The van der Waals surface area contributed by atoms with Gasteiger partial charge in [0.15, 0.2) is 0 Å². The van der Waals surface area contributed by atoms with E-state index in [0.717, 1.165) is 17.0 Å². The minimum Gasteiger partial charge on any atom is -0.481 e. The molecule has 0 spiro atoms. The third kappa shape index (κ3) is 21.8. The topological polar surface area (TPSA) is 480 Å². The summed E-state index contributed by atoms with van der Waals surface area (Å²) in [6, 6.07) is -6.34. The number of nitrogens with two attached hydrogens (primary N) is 2. The summed E-state index contributed by atoms with van der Waals surface area (Å²) in [4.78, 5) is 173. The van der Waals surface area contributed by atoms with Gasteiger partial charge in [-0.25, -0.2) is 9.36 Å². The van der Waals surface area contributed by atoms with Gasteiger partial charge in [-0.1, -0.05) is 32.4 Å². The minimum atomic E-state index is -5.03. The number of carboxylic acids is 4. The molecule has 1 aromatic rings. The van der Waals surface area contributed by atoms with Gasteiger partial charge in [0.1, 0.15) is 42.0 Å². The van der Waals surface area contributed by atoms with Gasteiger partial charge in [-0.05, 0) is 62.1 Å². The van der Waals surface area contributed by atoms with Crippen molar-refractivity contribution >= 4 is 79.0 Å². The monoisotopic (exact) mass is 1040 g/mol. The Labute approximate surface area is 411 Å². The maximum absolute atomic E-state index is 14.2. The Morgan fingerprint density at radius 1 is 0.694 bits per heavy atom. The van der Waals surface area contributed by atoms with Gasteiger partial charge in [-0.3, -0.25) is 62.5 Å². The summed E-state index contributed by atoms with van der Waals surface area (Å²) in [5.74, 6) is -14.7. The number of hydrogen-bond acceptors (Lipinski definition) is 15. The summed E-state index contributed by atoms with van der Waals surface area (Å²) in [7, 11) is -5.03. The van der Waals surface area contributed by atoms with E-state index in [4.69, 9.17) is 16.6 Å². The van der Waals surface area contributed by atoms with E-state index in [9.17, 15) is 87.2 Å². The lowest BCUT2D eigenvalue weighted by Crippen LogP contribution is -2.60. The maximum atomic E-state index is 14.2. The van der Waals surface area contributed by atoms with Crippen LogP contribution >= 0.6 is 7.82 Å². The number of nitrogens with zero attached hydrogens (tertiary/aromatic N) is 1. The second-order valence-corrected chi connectivity index (χ2v) is 17.9. The van der Waals surface area contributed by atoms with Gasteiger partial charge in [-0.15, -0.1) is 0 Å². The van der Waals surface area contributed by atoms with Crippen LogP contribution in [0.25, 0.3) is 0 Å².